The largest absolute Gasteiger partial charge is 0.313 e. The molecule has 1 aromatic carbocycles. The lowest BCUT2D eigenvalue weighted by Crippen LogP contribution is -2.38. The van der Waals surface area contributed by atoms with Crippen molar-refractivity contribution < 1.29 is 0 Å². The number of aromatic nitrogens is 2. The molecule has 2 aromatic rings. The Morgan fingerprint density at radius 2 is 2.14 bits per heavy atom. The van der Waals surface area contributed by atoms with Crippen LogP contribution in [0.2, 0.25) is 0 Å². The number of para-hydroxylation sites is 1. The second kappa shape index (κ2) is 5.43. The molecule has 4 heteroatoms. The van der Waals surface area contributed by atoms with Gasteiger partial charge in [-0.1, -0.05) is 18.2 Å². The molecule has 0 spiro atoms. The smallest absolute Gasteiger partial charge is 0.0843 e. The molecule has 1 aromatic heterocycles. The predicted octanol–water partition coefficient (Wildman–Crippen LogP) is 2.29. The number of fused-ring (bicyclic) bond motifs is 1. The molecule has 1 aliphatic carbocycles. The van der Waals surface area contributed by atoms with Gasteiger partial charge in [-0.05, 0) is 38.3 Å². The fourth-order valence-corrected chi connectivity index (χ4v) is 3.58. The molecular weight excluding hydrogens is 260 g/mol. The highest BCUT2D eigenvalue weighted by atomic mass is 15.3. The van der Waals surface area contributed by atoms with Crippen LogP contribution in [0.25, 0.3) is 10.9 Å². The monoisotopic (exact) mass is 284 g/mol. The summed E-state index contributed by atoms with van der Waals surface area (Å²) in [7, 11) is 2.05. The molecule has 4 nitrogen and oxygen atoms in total. The van der Waals surface area contributed by atoms with Crippen LogP contribution in [-0.4, -0.2) is 39.9 Å². The van der Waals surface area contributed by atoms with Gasteiger partial charge in [0.25, 0.3) is 0 Å². The fraction of sp³-hybridized carbons (Fsp3) is 0.588. The number of aryl methyl sites for hydroxylation is 1. The maximum atomic E-state index is 4.77. The van der Waals surface area contributed by atoms with Crippen LogP contribution >= 0.6 is 0 Å². The van der Waals surface area contributed by atoms with Crippen LogP contribution in [0.4, 0.5) is 0 Å². The molecule has 1 saturated heterocycles. The van der Waals surface area contributed by atoms with Gasteiger partial charge >= 0.3 is 0 Å². The Hall–Kier alpha value is -1.39. The second-order valence-corrected chi connectivity index (χ2v) is 6.54. The van der Waals surface area contributed by atoms with Crippen molar-refractivity contribution in [2.24, 2.45) is 7.05 Å². The number of hydrogen-bond donors (Lipinski definition) is 1. The quantitative estimate of drug-likeness (QED) is 0.914. The molecule has 0 radical (unpaired) electrons. The zero-order valence-corrected chi connectivity index (χ0v) is 12.8. The van der Waals surface area contributed by atoms with Crippen molar-refractivity contribution in [1.82, 2.24) is 20.0 Å². The highest BCUT2D eigenvalue weighted by molar-refractivity contribution is 5.81. The lowest BCUT2D eigenvalue weighted by atomic mass is 10.1. The van der Waals surface area contributed by atoms with E-state index in [2.05, 4.69) is 34.5 Å². The van der Waals surface area contributed by atoms with Gasteiger partial charge in [0.05, 0.1) is 11.2 Å². The van der Waals surface area contributed by atoms with Crippen molar-refractivity contribution in [1.29, 1.82) is 0 Å². The summed E-state index contributed by atoms with van der Waals surface area (Å²) in [5.41, 5.74) is 2.47. The van der Waals surface area contributed by atoms with Gasteiger partial charge in [0.2, 0.25) is 0 Å². The summed E-state index contributed by atoms with van der Waals surface area (Å²) in [4.78, 5) is 2.65. The van der Waals surface area contributed by atoms with E-state index >= 15 is 0 Å². The average Bonchev–Trinajstić information content (AvgIpc) is 3.14. The summed E-state index contributed by atoms with van der Waals surface area (Å²) in [5, 5.41) is 9.71. The highest BCUT2D eigenvalue weighted by Crippen LogP contribution is 2.30. The zero-order valence-electron chi connectivity index (χ0n) is 12.8. The van der Waals surface area contributed by atoms with Crippen LogP contribution in [0.5, 0.6) is 0 Å². The number of benzene rings is 1. The van der Waals surface area contributed by atoms with Crippen LogP contribution in [0.15, 0.2) is 24.3 Å². The normalized spacial score (nSPS) is 22.5. The molecule has 2 aliphatic rings. The first kappa shape index (κ1) is 13.3. The molecular formula is C17H24N4. The molecule has 21 heavy (non-hydrogen) atoms. The number of nitrogens with zero attached hydrogens (tertiary/aromatic N) is 3. The number of hydrogen-bond acceptors (Lipinski definition) is 3. The fourth-order valence-electron chi connectivity index (χ4n) is 3.58. The molecule has 1 N–H and O–H groups in total. The van der Waals surface area contributed by atoms with Crippen LogP contribution in [0, 0.1) is 0 Å². The van der Waals surface area contributed by atoms with Gasteiger partial charge in [-0.3, -0.25) is 9.58 Å². The van der Waals surface area contributed by atoms with Gasteiger partial charge in [-0.2, -0.15) is 5.10 Å². The number of nitrogens with one attached hydrogen (secondary N) is 1. The first-order chi connectivity index (χ1) is 10.3. The molecule has 2 heterocycles. The van der Waals surface area contributed by atoms with E-state index in [9.17, 15) is 0 Å². The lowest BCUT2D eigenvalue weighted by Gasteiger charge is -2.24. The minimum absolute atomic E-state index is 0.681. The van der Waals surface area contributed by atoms with Gasteiger partial charge in [0.1, 0.15) is 0 Å². The van der Waals surface area contributed by atoms with Gasteiger partial charge < -0.3 is 5.32 Å². The van der Waals surface area contributed by atoms with Crippen molar-refractivity contribution in [3.63, 3.8) is 0 Å². The van der Waals surface area contributed by atoms with Crippen LogP contribution in [0.1, 0.15) is 31.4 Å². The third-order valence-corrected chi connectivity index (χ3v) is 4.87. The maximum Gasteiger partial charge on any atom is 0.0843 e. The summed E-state index contributed by atoms with van der Waals surface area (Å²) in [5.74, 6) is 0. The molecule has 112 valence electrons. The third-order valence-electron chi connectivity index (χ3n) is 4.87. The Kier molecular flexibility index (Phi) is 3.43. The predicted molar refractivity (Wildman–Crippen MR) is 85.2 cm³/mol. The summed E-state index contributed by atoms with van der Waals surface area (Å²) in [6.07, 6.45) is 5.37. The van der Waals surface area contributed by atoms with Gasteiger partial charge in [0, 0.05) is 37.6 Å². The van der Waals surface area contributed by atoms with Crippen LogP contribution in [-0.2, 0) is 13.6 Å². The standard InChI is InChI=1S/C17H24N4/c1-20-17-7-3-2-6-15(17)16(19-20)12-21(14-8-9-14)11-13-5-4-10-18-13/h2-3,6-7,13-14,18H,4-5,8-12H2,1H3. The molecule has 1 unspecified atom stereocenters. The molecule has 1 saturated carbocycles. The highest BCUT2D eigenvalue weighted by Gasteiger charge is 2.32. The van der Waals surface area contributed by atoms with Crippen molar-refractivity contribution in [2.45, 2.75) is 44.3 Å². The summed E-state index contributed by atoms with van der Waals surface area (Å²) < 4.78 is 2.02. The topological polar surface area (TPSA) is 33.1 Å². The van der Waals surface area contributed by atoms with Crippen LogP contribution < -0.4 is 5.32 Å². The van der Waals surface area contributed by atoms with Crippen molar-refractivity contribution in [3.05, 3.63) is 30.0 Å². The zero-order chi connectivity index (χ0) is 14.2. The van der Waals surface area contributed by atoms with E-state index in [0.29, 0.717) is 6.04 Å². The molecule has 1 aliphatic heterocycles. The Bertz CT molecular complexity index is 623. The SMILES string of the molecule is Cn1nc(CN(CC2CCCN2)C2CC2)c2ccccc21. The van der Waals surface area contributed by atoms with E-state index in [1.165, 1.54) is 55.4 Å². The molecule has 0 amide bonds. The van der Waals surface area contributed by atoms with E-state index in [1.807, 2.05) is 11.7 Å². The van der Waals surface area contributed by atoms with E-state index in [-0.39, 0.29) is 0 Å². The van der Waals surface area contributed by atoms with E-state index in [1.54, 1.807) is 0 Å². The maximum absolute atomic E-state index is 4.77. The van der Waals surface area contributed by atoms with Crippen LogP contribution in [0.3, 0.4) is 0 Å². The molecule has 2 fully saturated rings. The Morgan fingerprint density at radius 3 is 2.90 bits per heavy atom. The van der Waals surface area contributed by atoms with E-state index < -0.39 is 0 Å². The minimum atomic E-state index is 0.681. The van der Waals surface area contributed by atoms with E-state index in [4.69, 9.17) is 5.10 Å². The lowest BCUT2D eigenvalue weighted by molar-refractivity contribution is 0.229. The van der Waals surface area contributed by atoms with Crippen molar-refractivity contribution >= 4 is 10.9 Å². The number of rotatable bonds is 5. The third kappa shape index (κ3) is 2.70. The Labute approximate surface area is 126 Å². The Balaban J connectivity index is 1.56. The first-order valence-electron chi connectivity index (χ1n) is 8.19. The minimum Gasteiger partial charge on any atom is -0.313 e. The molecule has 4 rings (SSSR count). The molecule has 1 atom stereocenters. The first-order valence-corrected chi connectivity index (χ1v) is 8.19. The summed E-state index contributed by atoms with van der Waals surface area (Å²) >= 11 is 0. The van der Waals surface area contributed by atoms with Crippen molar-refractivity contribution in [3.8, 4) is 0 Å². The average molecular weight is 284 g/mol. The van der Waals surface area contributed by atoms with Gasteiger partial charge in [-0.15, -0.1) is 0 Å². The van der Waals surface area contributed by atoms with Crippen molar-refractivity contribution in [2.75, 3.05) is 13.1 Å². The van der Waals surface area contributed by atoms with Gasteiger partial charge in [0.15, 0.2) is 0 Å². The summed E-state index contributed by atoms with van der Waals surface area (Å²) in [6.45, 7) is 3.36. The van der Waals surface area contributed by atoms with E-state index in [0.717, 1.165) is 12.6 Å². The second-order valence-electron chi connectivity index (χ2n) is 6.54. The molecule has 0 bridgehead atoms. The summed E-state index contributed by atoms with van der Waals surface area (Å²) in [6, 6.07) is 10.0. The van der Waals surface area contributed by atoms with Gasteiger partial charge in [-0.25, -0.2) is 0 Å². The Morgan fingerprint density at radius 1 is 1.29 bits per heavy atom.